The van der Waals surface area contributed by atoms with Crippen LogP contribution in [0.2, 0.25) is 0 Å². The van der Waals surface area contributed by atoms with Crippen LogP contribution in [0.15, 0.2) is 18.2 Å². The van der Waals surface area contributed by atoms with Crippen molar-refractivity contribution in [3.05, 3.63) is 34.9 Å². The van der Waals surface area contributed by atoms with E-state index in [-0.39, 0.29) is 23.5 Å². The molecule has 0 unspecified atom stereocenters. The van der Waals surface area contributed by atoms with Gasteiger partial charge in [-0.25, -0.2) is 0 Å². The molecular weight excluding hydrogens is 380 g/mol. The lowest BCUT2D eigenvalue weighted by Gasteiger charge is -2.49. The summed E-state index contributed by atoms with van der Waals surface area (Å²) in [5.41, 5.74) is 8.22. The summed E-state index contributed by atoms with van der Waals surface area (Å²) in [7, 11) is 1.73. The molecule has 1 amide bonds. The van der Waals surface area contributed by atoms with Crippen molar-refractivity contribution in [3.8, 4) is 0 Å². The van der Waals surface area contributed by atoms with Gasteiger partial charge in [-0.1, -0.05) is 33.8 Å². The quantitative estimate of drug-likeness (QED) is 0.510. The molecule has 1 aliphatic carbocycles. The van der Waals surface area contributed by atoms with Gasteiger partial charge in [0, 0.05) is 30.6 Å². The summed E-state index contributed by atoms with van der Waals surface area (Å²) in [4.78, 5) is 23.4. The molecule has 1 aromatic rings. The lowest BCUT2D eigenvalue weighted by atomic mass is 9.62. The SMILES string of the molecule is CCC1(CC)c2cc(C(N)=O)ccc2C[C@H](OC)[C@H]1NCC[C@@H](CC(C)C)C(=O)O. The smallest absolute Gasteiger partial charge is 0.306 e. The summed E-state index contributed by atoms with van der Waals surface area (Å²) >= 11 is 0. The third-order valence-corrected chi connectivity index (χ3v) is 6.85. The molecule has 3 atom stereocenters. The Kier molecular flexibility index (Phi) is 8.44. The Labute approximate surface area is 180 Å². The van der Waals surface area contributed by atoms with Crippen LogP contribution < -0.4 is 11.1 Å². The molecule has 6 heteroatoms. The average Bonchev–Trinajstić information content (AvgIpc) is 2.71. The number of carboxylic acid groups (broad SMARTS) is 1. The van der Waals surface area contributed by atoms with Gasteiger partial charge in [-0.15, -0.1) is 0 Å². The van der Waals surface area contributed by atoms with Crippen molar-refractivity contribution >= 4 is 11.9 Å². The number of nitrogens with one attached hydrogen (secondary N) is 1. The van der Waals surface area contributed by atoms with Crippen LogP contribution in [0.5, 0.6) is 0 Å². The summed E-state index contributed by atoms with van der Waals surface area (Å²) in [5, 5.41) is 13.2. The first-order valence-corrected chi connectivity index (χ1v) is 11.1. The zero-order valence-electron chi connectivity index (χ0n) is 19.0. The van der Waals surface area contributed by atoms with Crippen LogP contribution in [0.3, 0.4) is 0 Å². The topological polar surface area (TPSA) is 102 Å². The van der Waals surface area contributed by atoms with Gasteiger partial charge in [0.1, 0.15) is 0 Å². The first-order chi connectivity index (χ1) is 14.2. The van der Waals surface area contributed by atoms with Crippen molar-refractivity contribution < 1.29 is 19.4 Å². The largest absolute Gasteiger partial charge is 0.481 e. The number of carboxylic acids is 1. The Morgan fingerprint density at radius 3 is 2.47 bits per heavy atom. The second-order valence-corrected chi connectivity index (χ2v) is 8.96. The van der Waals surface area contributed by atoms with E-state index in [1.54, 1.807) is 13.2 Å². The van der Waals surface area contributed by atoms with Crippen LogP contribution in [0, 0.1) is 11.8 Å². The van der Waals surface area contributed by atoms with Gasteiger partial charge in [-0.2, -0.15) is 0 Å². The molecule has 0 aromatic heterocycles. The third kappa shape index (κ3) is 5.03. The molecule has 0 heterocycles. The van der Waals surface area contributed by atoms with Crippen LogP contribution in [0.4, 0.5) is 0 Å². The molecule has 0 radical (unpaired) electrons. The summed E-state index contributed by atoms with van der Waals surface area (Å²) < 4.78 is 5.90. The fourth-order valence-corrected chi connectivity index (χ4v) is 5.17. The monoisotopic (exact) mass is 418 g/mol. The molecule has 1 aromatic carbocycles. The number of rotatable bonds is 11. The number of hydrogen-bond donors (Lipinski definition) is 3. The lowest BCUT2D eigenvalue weighted by Crippen LogP contribution is -2.59. The van der Waals surface area contributed by atoms with Crippen molar-refractivity contribution in [1.29, 1.82) is 0 Å². The fourth-order valence-electron chi connectivity index (χ4n) is 5.17. The lowest BCUT2D eigenvalue weighted by molar-refractivity contribution is -0.142. The zero-order chi connectivity index (χ0) is 22.5. The first-order valence-electron chi connectivity index (χ1n) is 11.1. The Morgan fingerprint density at radius 1 is 1.30 bits per heavy atom. The van der Waals surface area contributed by atoms with E-state index in [0.717, 1.165) is 24.8 Å². The molecule has 0 spiro atoms. The minimum Gasteiger partial charge on any atom is -0.481 e. The summed E-state index contributed by atoms with van der Waals surface area (Å²) in [6.45, 7) is 9.04. The number of methoxy groups -OCH3 is 1. The molecule has 4 N–H and O–H groups in total. The molecule has 0 aliphatic heterocycles. The summed E-state index contributed by atoms with van der Waals surface area (Å²) in [6.07, 6.45) is 3.74. The zero-order valence-corrected chi connectivity index (χ0v) is 19.0. The first kappa shape index (κ1) is 24.4. The van der Waals surface area contributed by atoms with Crippen molar-refractivity contribution in [2.45, 2.75) is 77.4 Å². The number of primary amides is 1. The highest BCUT2D eigenvalue weighted by atomic mass is 16.5. The molecule has 30 heavy (non-hydrogen) atoms. The maximum absolute atomic E-state index is 11.8. The Balaban J connectivity index is 2.33. The number of nitrogens with two attached hydrogens (primary N) is 1. The van der Waals surface area contributed by atoms with E-state index in [1.807, 2.05) is 12.1 Å². The Morgan fingerprint density at radius 2 is 1.97 bits per heavy atom. The maximum atomic E-state index is 11.8. The van der Waals surface area contributed by atoms with Crippen LogP contribution in [-0.4, -0.2) is 42.8 Å². The number of benzene rings is 1. The van der Waals surface area contributed by atoms with Crippen LogP contribution in [-0.2, 0) is 21.4 Å². The van der Waals surface area contributed by atoms with E-state index in [2.05, 4.69) is 33.0 Å². The van der Waals surface area contributed by atoms with Gasteiger partial charge < -0.3 is 20.9 Å². The Bertz CT molecular complexity index is 743. The van der Waals surface area contributed by atoms with Crippen molar-refractivity contribution in [3.63, 3.8) is 0 Å². The number of ether oxygens (including phenoxy) is 1. The molecule has 0 bridgehead atoms. The van der Waals surface area contributed by atoms with Crippen molar-refractivity contribution in [2.75, 3.05) is 13.7 Å². The van der Waals surface area contributed by atoms with E-state index in [4.69, 9.17) is 10.5 Å². The van der Waals surface area contributed by atoms with E-state index in [0.29, 0.717) is 30.9 Å². The van der Waals surface area contributed by atoms with Crippen molar-refractivity contribution in [2.24, 2.45) is 17.6 Å². The van der Waals surface area contributed by atoms with E-state index in [1.165, 1.54) is 5.56 Å². The van der Waals surface area contributed by atoms with Gasteiger partial charge >= 0.3 is 5.97 Å². The van der Waals surface area contributed by atoms with Gasteiger partial charge in [-0.05, 0) is 61.4 Å². The molecular formula is C24H38N2O4. The normalized spacial score (nSPS) is 21.3. The van der Waals surface area contributed by atoms with Gasteiger partial charge in [-0.3, -0.25) is 9.59 Å². The molecule has 0 saturated heterocycles. The number of aliphatic carboxylic acids is 1. The van der Waals surface area contributed by atoms with Crippen LogP contribution >= 0.6 is 0 Å². The molecule has 168 valence electrons. The summed E-state index contributed by atoms with van der Waals surface area (Å²) in [6, 6.07) is 5.77. The predicted molar refractivity (Wildman–Crippen MR) is 119 cm³/mol. The summed E-state index contributed by atoms with van der Waals surface area (Å²) in [5.74, 6) is -1.16. The van der Waals surface area contributed by atoms with Gasteiger partial charge in [0.25, 0.3) is 0 Å². The average molecular weight is 419 g/mol. The predicted octanol–water partition coefficient (Wildman–Crippen LogP) is 3.51. The number of hydrogen-bond acceptors (Lipinski definition) is 4. The van der Waals surface area contributed by atoms with E-state index >= 15 is 0 Å². The molecule has 1 aliphatic rings. The van der Waals surface area contributed by atoms with Gasteiger partial charge in [0.15, 0.2) is 0 Å². The fraction of sp³-hybridized carbons (Fsp3) is 0.667. The highest BCUT2D eigenvalue weighted by Crippen LogP contribution is 2.44. The van der Waals surface area contributed by atoms with Gasteiger partial charge in [0.2, 0.25) is 5.91 Å². The maximum Gasteiger partial charge on any atom is 0.306 e. The van der Waals surface area contributed by atoms with E-state index in [9.17, 15) is 14.7 Å². The van der Waals surface area contributed by atoms with Crippen molar-refractivity contribution in [1.82, 2.24) is 5.32 Å². The minimum atomic E-state index is -0.730. The van der Waals surface area contributed by atoms with E-state index < -0.39 is 11.9 Å². The standard InChI is InChI=1S/C24H38N2O4/c1-6-24(7-2)19-13-17(22(25)27)9-8-16(19)14-20(30-5)21(24)26-11-10-18(23(28)29)12-15(3)4/h8-9,13,15,18,20-21,26H,6-7,10-12,14H2,1-5H3,(H2,25,27)(H,28,29)/t18-,20-,21+/m0/s1. The minimum absolute atomic E-state index is 0.0230. The van der Waals surface area contributed by atoms with Crippen LogP contribution in [0.25, 0.3) is 0 Å². The molecule has 2 rings (SSSR count). The molecule has 0 fully saturated rings. The second kappa shape index (κ2) is 10.4. The molecule has 0 saturated carbocycles. The number of carbonyl (C=O) groups excluding carboxylic acids is 1. The number of fused-ring (bicyclic) bond motifs is 1. The highest BCUT2D eigenvalue weighted by molar-refractivity contribution is 5.93. The number of carbonyl (C=O) groups is 2. The Hall–Kier alpha value is -1.92. The third-order valence-electron chi connectivity index (χ3n) is 6.85. The van der Waals surface area contributed by atoms with Crippen LogP contribution in [0.1, 0.15) is 74.9 Å². The second-order valence-electron chi connectivity index (χ2n) is 8.96. The highest BCUT2D eigenvalue weighted by Gasteiger charge is 2.46. The van der Waals surface area contributed by atoms with Gasteiger partial charge in [0.05, 0.1) is 12.0 Å². The number of amides is 1. The molecule has 6 nitrogen and oxygen atoms in total.